The first-order chi connectivity index (χ1) is 14.5. The first kappa shape index (κ1) is 19.3. The van der Waals surface area contributed by atoms with Crippen LogP contribution in [0.3, 0.4) is 0 Å². The zero-order valence-corrected chi connectivity index (χ0v) is 16.1. The first-order valence-electron chi connectivity index (χ1n) is 8.72. The van der Waals surface area contributed by atoms with E-state index in [1.54, 1.807) is 54.6 Å². The van der Waals surface area contributed by atoms with Gasteiger partial charge in [-0.1, -0.05) is 30.3 Å². The van der Waals surface area contributed by atoms with Crippen molar-refractivity contribution >= 4 is 40.4 Å². The summed E-state index contributed by atoms with van der Waals surface area (Å²) in [5.74, 6) is 0.329. The molecule has 0 saturated carbocycles. The average Bonchev–Trinajstić information content (AvgIpc) is 3.03. The number of thioether (sulfide) groups is 1. The number of rotatable bonds is 5. The van der Waals surface area contributed by atoms with Crippen LogP contribution in [0.1, 0.15) is 5.56 Å². The molecule has 1 aromatic heterocycles. The zero-order valence-electron chi connectivity index (χ0n) is 15.3. The van der Waals surface area contributed by atoms with Crippen molar-refractivity contribution in [2.45, 2.75) is 0 Å². The van der Waals surface area contributed by atoms with E-state index in [2.05, 4.69) is 4.98 Å². The lowest BCUT2D eigenvalue weighted by atomic mass is 10.2. The van der Waals surface area contributed by atoms with Crippen LogP contribution in [-0.4, -0.2) is 21.1 Å². The molecule has 0 bridgehead atoms. The summed E-state index contributed by atoms with van der Waals surface area (Å²) in [6.45, 7) is 0. The molecule has 0 spiro atoms. The number of pyridine rings is 1. The number of para-hydroxylation sites is 1. The highest BCUT2D eigenvalue weighted by molar-refractivity contribution is 8.19. The Balaban J connectivity index is 1.48. The Morgan fingerprint density at radius 2 is 1.73 bits per heavy atom. The van der Waals surface area contributed by atoms with Gasteiger partial charge >= 0.3 is 0 Å². The predicted octanol–water partition coefficient (Wildman–Crippen LogP) is 5.02. The van der Waals surface area contributed by atoms with Gasteiger partial charge < -0.3 is 4.74 Å². The predicted molar refractivity (Wildman–Crippen MR) is 112 cm³/mol. The van der Waals surface area contributed by atoms with Gasteiger partial charge in [-0.2, -0.15) is 0 Å². The molecule has 2 heterocycles. The Morgan fingerprint density at radius 3 is 2.37 bits per heavy atom. The number of anilines is 1. The van der Waals surface area contributed by atoms with Crippen molar-refractivity contribution in [2.75, 3.05) is 4.90 Å². The summed E-state index contributed by atoms with van der Waals surface area (Å²) >= 11 is 0.884. The van der Waals surface area contributed by atoms with Crippen molar-refractivity contribution in [1.82, 2.24) is 4.98 Å². The molecule has 9 heteroatoms. The molecule has 4 rings (SSSR count). The van der Waals surface area contributed by atoms with E-state index in [9.17, 15) is 19.7 Å². The van der Waals surface area contributed by atoms with Crippen molar-refractivity contribution in [1.29, 1.82) is 0 Å². The molecule has 1 aliphatic rings. The van der Waals surface area contributed by atoms with Crippen LogP contribution in [0.5, 0.6) is 11.6 Å². The third-order valence-electron chi connectivity index (χ3n) is 4.14. The van der Waals surface area contributed by atoms with E-state index in [1.165, 1.54) is 12.1 Å². The minimum absolute atomic E-state index is 0.123. The van der Waals surface area contributed by atoms with Gasteiger partial charge in [-0.05, 0) is 47.7 Å². The first-order valence-corrected chi connectivity index (χ1v) is 9.54. The average molecular weight is 419 g/mol. The molecule has 8 nitrogen and oxygen atoms in total. The molecule has 0 aliphatic carbocycles. The lowest BCUT2D eigenvalue weighted by molar-refractivity contribution is -0.385. The number of imide groups is 1. The van der Waals surface area contributed by atoms with Gasteiger partial charge in [-0.3, -0.25) is 19.7 Å². The molecule has 148 valence electrons. The lowest BCUT2D eigenvalue weighted by Crippen LogP contribution is -2.27. The molecule has 2 aromatic carbocycles. The largest absolute Gasteiger partial charge is 0.439 e. The van der Waals surface area contributed by atoms with Crippen LogP contribution in [-0.2, 0) is 4.79 Å². The van der Waals surface area contributed by atoms with Crippen LogP contribution < -0.4 is 9.64 Å². The highest BCUT2D eigenvalue weighted by atomic mass is 32.2. The van der Waals surface area contributed by atoms with Gasteiger partial charge in [0.2, 0.25) is 5.88 Å². The van der Waals surface area contributed by atoms with Crippen molar-refractivity contribution < 1.29 is 19.2 Å². The Hall–Kier alpha value is -3.98. The highest BCUT2D eigenvalue weighted by Gasteiger charge is 2.36. The fourth-order valence-electron chi connectivity index (χ4n) is 2.71. The van der Waals surface area contributed by atoms with Crippen molar-refractivity contribution in [3.05, 3.63) is 93.5 Å². The number of ether oxygens (including phenoxy) is 1. The molecule has 0 atom stereocenters. The topological polar surface area (TPSA) is 103 Å². The monoisotopic (exact) mass is 419 g/mol. The van der Waals surface area contributed by atoms with Crippen molar-refractivity contribution in [3.8, 4) is 11.6 Å². The standard InChI is InChI=1S/C21H13N3O5S/c25-20-18(30-21(26)23(20)15-4-2-1-3-5-15)12-14-6-9-17(10-7-14)29-19-11-8-16(13-22-19)24(27)28/h1-13H/b18-12+. The maximum absolute atomic E-state index is 12.6. The number of amides is 2. The quantitative estimate of drug-likeness (QED) is 0.325. The number of carbonyl (C=O) groups is 2. The van der Waals surface area contributed by atoms with Crippen LogP contribution in [0.4, 0.5) is 16.2 Å². The van der Waals surface area contributed by atoms with E-state index in [4.69, 9.17) is 4.74 Å². The second kappa shape index (κ2) is 8.18. The summed E-state index contributed by atoms with van der Waals surface area (Å²) in [7, 11) is 0. The van der Waals surface area contributed by atoms with Crippen molar-refractivity contribution in [3.63, 3.8) is 0 Å². The minimum atomic E-state index is -0.537. The third-order valence-corrected chi connectivity index (χ3v) is 5.01. The van der Waals surface area contributed by atoms with E-state index < -0.39 is 4.92 Å². The number of hydrogen-bond donors (Lipinski definition) is 0. The molecule has 0 unspecified atom stereocenters. The molecule has 3 aromatic rings. The number of nitrogens with zero attached hydrogens (tertiary/aromatic N) is 3. The number of nitro groups is 1. The Kier molecular flexibility index (Phi) is 5.27. The maximum Gasteiger partial charge on any atom is 0.298 e. The summed E-state index contributed by atoms with van der Waals surface area (Å²) in [6, 6.07) is 18.3. The van der Waals surface area contributed by atoms with Crippen LogP contribution in [0.25, 0.3) is 6.08 Å². The van der Waals surface area contributed by atoms with Crippen molar-refractivity contribution in [2.24, 2.45) is 0 Å². The van der Waals surface area contributed by atoms with Gasteiger partial charge in [0.1, 0.15) is 11.9 Å². The Morgan fingerprint density at radius 1 is 1.00 bits per heavy atom. The van der Waals surface area contributed by atoms with Gasteiger partial charge in [0.05, 0.1) is 15.5 Å². The van der Waals surface area contributed by atoms with E-state index in [0.29, 0.717) is 16.3 Å². The van der Waals surface area contributed by atoms with Gasteiger partial charge in [0, 0.05) is 12.1 Å². The molecular formula is C21H13N3O5S. The number of aromatic nitrogens is 1. The molecule has 0 radical (unpaired) electrons. The summed E-state index contributed by atoms with van der Waals surface area (Å²) in [6.07, 6.45) is 2.76. The molecule has 2 amide bonds. The van der Waals surface area contributed by atoms with Crippen LogP contribution >= 0.6 is 11.8 Å². The van der Waals surface area contributed by atoms with Crippen LogP contribution in [0.15, 0.2) is 77.8 Å². The number of benzene rings is 2. The van der Waals surface area contributed by atoms with E-state index in [0.717, 1.165) is 28.4 Å². The van der Waals surface area contributed by atoms with Crippen LogP contribution in [0.2, 0.25) is 0 Å². The lowest BCUT2D eigenvalue weighted by Gasteiger charge is -2.11. The summed E-state index contributed by atoms with van der Waals surface area (Å²) in [5, 5.41) is 10.3. The Bertz CT molecular complexity index is 1150. The second-order valence-electron chi connectivity index (χ2n) is 6.14. The maximum atomic E-state index is 12.6. The fraction of sp³-hybridized carbons (Fsp3) is 0. The Labute approximate surface area is 175 Å². The number of hydrogen-bond acceptors (Lipinski definition) is 7. The molecule has 30 heavy (non-hydrogen) atoms. The molecule has 0 N–H and O–H groups in total. The summed E-state index contributed by atoms with van der Waals surface area (Å²) in [4.78, 5) is 40.4. The summed E-state index contributed by atoms with van der Waals surface area (Å²) < 4.78 is 5.56. The van der Waals surface area contributed by atoms with E-state index >= 15 is 0 Å². The molecular weight excluding hydrogens is 406 g/mol. The summed E-state index contributed by atoms with van der Waals surface area (Å²) in [5.41, 5.74) is 1.13. The molecule has 1 aliphatic heterocycles. The smallest absolute Gasteiger partial charge is 0.298 e. The molecule has 1 saturated heterocycles. The van der Waals surface area contributed by atoms with Gasteiger partial charge in [0.25, 0.3) is 16.8 Å². The SMILES string of the molecule is O=C1S/C(=C/c2ccc(Oc3ccc([N+](=O)[O-])cn3)cc2)C(=O)N1c1ccccc1. The van der Waals surface area contributed by atoms with Gasteiger partial charge in [-0.15, -0.1) is 0 Å². The van der Waals surface area contributed by atoms with E-state index in [1.807, 2.05) is 6.07 Å². The van der Waals surface area contributed by atoms with E-state index in [-0.39, 0.29) is 22.7 Å². The molecule has 1 fully saturated rings. The highest BCUT2D eigenvalue weighted by Crippen LogP contribution is 2.35. The normalized spacial score (nSPS) is 14.9. The van der Waals surface area contributed by atoms with Crippen LogP contribution in [0, 0.1) is 10.1 Å². The fourth-order valence-corrected chi connectivity index (χ4v) is 3.55. The minimum Gasteiger partial charge on any atom is -0.439 e. The third kappa shape index (κ3) is 4.06. The van der Waals surface area contributed by atoms with Gasteiger partial charge in [-0.25, -0.2) is 9.88 Å². The van der Waals surface area contributed by atoms with Gasteiger partial charge in [0.15, 0.2) is 0 Å². The second-order valence-corrected chi connectivity index (χ2v) is 7.13. The number of carbonyl (C=O) groups excluding carboxylic acids is 2. The zero-order chi connectivity index (χ0) is 21.1.